The normalized spacial score (nSPS) is 11.1. The van der Waals surface area contributed by atoms with Gasteiger partial charge >= 0.3 is 0 Å². The molecule has 0 saturated heterocycles. The van der Waals surface area contributed by atoms with Crippen molar-refractivity contribution in [2.24, 2.45) is 0 Å². The first-order valence-corrected chi connectivity index (χ1v) is 13.5. The maximum absolute atomic E-state index is 13.5. The zero-order valence-electron chi connectivity index (χ0n) is 21.1. The number of methoxy groups -OCH3 is 1. The van der Waals surface area contributed by atoms with Crippen molar-refractivity contribution >= 4 is 21.6 Å². The van der Waals surface area contributed by atoms with E-state index in [0.717, 1.165) is 34.0 Å². The van der Waals surface area contributed by atoms with Gasteiger partial charge in [-0.2, -0.15) is 0 Å². The van der Waals surface area contributed by atoms with Gasteiger partial charge in [-0.15, -0.1) is 0 Å². The van der Waals surface area contributed by atoms with Crippen molar-refractivity contribution in [3.05, 3.63) is 83.9 Å². The summed E-state index contributed by atoms with van der Waals surface area (Å²) in [5, 5.41) is 2.86. The van der Waals surface area contributed by atoms with E-state index in [2.05, 4.69) is 12.2 Å². The third kappa shape index (κ3) is 7.24. The third-order valence-corrected chi connectivity index (χ3v) is 7.40. The van der Waals surface area contributed by atoms with Gasteiger partial charge in [0.15, 0.2) is 0 Å². The van der Waals surface area contributed by atoms with Crippen LogP contribution in [0.4, 0.5) is 5.69 Å². The number of ether oxygens (including phenoxy) is 2. The quantitative estimate of drug-likeness (QED) is 0.336. The Labute approximate surface area is 214 Å². The topological polar surface area (TPSA) is 84.9 Å². The molecule has 3 rings (SSSR count). The zero-order chi connectivity index (χ0) is 26.0. The molecule has 0 unspecified atom stereocenters. The molecule has 3 aromatic carbocycles. The second kappa shape index (κ2) is 13.0. The van der Waals surface area contributed by atoms with Crippen molar-refractivity contribution in [2.75, 3.05) is 31.1 Å². The molecule has 192 valence electrons. The summed E-state index contributed by atoms with van der Waals surface area (Å²) in [6, 6.07) is 21.1. The minimum absolute atomic E-state index is 0.118. The highest BCUT2D eigenvalue weighted by atomic mass is 32.2. The Hall–Kier alpha value is -3.52. The molecule has 0 radical (unpaired) electrons. The van der Waals surface area contributed by atoms with E-state index in [1.54, 1.807) is 48.5 Å². The molecule has 1 amide bonds. The number of benzene rings is 3. The molecule has 0 saturated carbocycles. The van der Waals surface area contributed by atoms with Crippen molar-refractivity contribution < 1.29 is 22.7 Å². The fraction of sp³-hybridized carbons (Fsp3) is 0.321. The maximum atomic E-state index is 13.5. The Kier molecular flexibility index (Phi) is 9.76. The van der Waals surface area contributed by atoms with Crippen LogP contribution in [0, 0.1) is 6.92 Å². The van der Waals surface area contributed by atoms with Crippen molar-refractivity contribution in [1.29, 1.82) is 0 Å². The van der Waals surface area contributed by atoms with E-state index < -0.39 is 10.0 Å². The predicted octanol–water partition coefficient (Wildman–Crippen LogP) is 4.74. The lowest BCUT2D eigenvalue weighted by molar-refractivity contribution is -0.119. The number of amides is 1. The number of para-hydroxylation sites is 1. The zero-order valence-corrected chi connectivity index (χ0v) is 21.9. The average molecular weight is 511 g/mol. The Morgan fingerprint density at radius 3 is 2.47 bits per heavy atom. The van der Waals surface area contributed by atoms with Crippen LogP contribution in [0.25, 0.3) is 0 Å². The molecule has 0 aromatic heterocycles. The van der Waals surface area contributed by atoms with Crippen molar-refractivity contribution in [1.82, 2.24) is 5.32 Å². The number of rotatable bonds is 13. The minimum atomic E-state index is -3.98. The largest absolute Gasteiger partial charge is 0.497 e. The lowest BCUT2D eigenvalue weighted by Gasteiger charge is -2.24. The molecule has 0 heterocycles. The molecule has 0 bridgehead atoms. The number of hydrogen-bond acceptors (Lipinski definition) is 5. The molecule has 0 aliphatic carbocycles. The molecular weight excluding hydrogens is 476 g/mol. The van der Waals surface area contributed by atoms with Crippen molar-refractivity contribution in [3.63, 3.8) is 0 Å². The van der Waals surface area contributed by atoms with Gasteiger partial charge in [0, 0.05) is 12.6 Å². The monoisotopic (exact) mass is 510 g/mol. The maximum Gasteiger partial charge on any atom is 0.264 e. The average Bonchev–Trinajstić information content (AvgIpc) is 2.89. The van der Waals surface area contributed by atoms with Crippen LogP contribution in [0.3, 0.4) is 0 Å². The van der Waals surface area contributed by atoms with E-state index in [-0.39, 0.29) is 17.3 Å². The molecule has 0 spiro atoms. The molecule has 1 N–H and O–H groups in total. The second-order valence-corrected chi connectivity index (χ2v) is 10.3. The van der Waals surface area contributed by atoms with Gasteiger partial charge in [-0.25, -0.2) is 8.42 Å². The number of nitrogens with zero attached hydrogens (tertiary/aromatic N) is 1. The number of anilines is 1. The van der Waals surface area contributed by atoms with Crippen LogP contribution in [-0.4, -0.2) is 41.1 Å². The standard InChI is InChI=1S/C28H34N2O5S/c1-4-19-35-27-13-6-5-9-23(27)10-8-18-29-28(31)21-30(24-11-7-12-25(20-24)34-3)36(32,33)26-16-14-22(2)15-17-26/h5-7,9,11-17,20H,4,8,10,18-19,21H2,1-3H3,(H,29,31). The summed E-state index contributed by atoms with van der Waals surface area (Å²) in [6.07, 6.45) is 2.36. The number of sulfonamides is 1. The van der Waals surface area contributed by atoms with Gasteiger partial charge in [-0.05, 0) is 62.1 Å². The first-order valence-electron chi connectivity index (χ1n) is 12.1. The van der Waals surface area contributed by atoms with E-state index in [9.17, 15) is 13.2 Å². The summed E-state index contributed by atoms with van der Waals surface area (Å²) in [5.74, 6) is 0.976. The molecule has 8 heteroatoms. The fourth-order valence-electron chi connectivity index (χ4n) is 3.67. The van der Waals surface area contributed by atoms with Crippen LogP contribution in [-0.2, 0) is 21.2 Å². The first-order chi connectivity index (χ1) is 17.3. The summed E-state index contributed by atoms with van der Waals surface area (Å²) >= 11 is 0. The van der Waals surface area contributed by atoms with E-state index in [4.69, 9.17) is 9.47 Å². The van der Waals surface area contributed by atoms with Gasteiger partial charge < -0.3 is 14.8 Å². The number of hydrogen-bond donors (Lipinski definition) is 1. The third-order valence-electron chi connectivity index (χ3n) is 5.62. The molecule has 0 atom stereocenters. The summed E-state index contributed by atoms with van der Waals surface area (Å²) in [5.41, 5.74) is 2.38. The fourth-order valence-corrected chi connectivity index (χ4v) is 5.09. The van der Waals surface area contributed by atoms with Gasteiger partial charge in [-0.1, -0.05) is 48.9 Å². The van der Waals surface area contributed by atoms with Gasteiger partial charge in [-0.3, -0.25) is 9.10 Å². The van der Waals surface area contributed by atoms with E-state index in [1.165, 1.54) is 7.11 Å². The van der Waals surface area contributed by atoms with E-state index in [1.807, 2.05) is 31.2 Å². The SMILES string of the molecule is CCCOc1ccccc1CCCNC(=O)CN(c1cccc(OC)c1)S(=O)(=O)c1ccc(C)cc1. The van der Waals surface area contributed by atoms with E-state index >= 15 is 0 Å². The predicted molar refractivity (Wildman–Crippen MR) is 142 cm³/mol. The summed E-state index contributed by atoms with van der Waals surface area (Å²) in [6.45, 7) is 4.67. The Bertz CT molecular complexity index is 1240. The highest BCUT2D eigenvalue weighted by Crippen LogP contribution is 2.27. The summed E-state index contributed by atoms with van der Waals surface area (Å²) < 4.78 is 39.2. The molecule has 0 aliphatic heterocycles. The van der Waals surface area contributed by atoms with Crippen LogP contribution < -0.4 is 19.1 Å². The van der Waals surface area contributed by atoms with E-state index in [0.29, 0.717) is 31.0 Å². The number of carbonyl (C=O) groups excluding carboxylic acids is 1. The lowest BCUT2D eigenvalue weighted by atomic mass is 10.1. The molecule has 36 heavy (non-hydrogen) atoms. The van der Waals surface area contributed by atoms with Crippen LogP contribution in [0.1, 0.15) is 30.9 Å². The summed E-state index contributed by atoms with van der Waals surface area (Å²) in [4.78, 5) is 13.0. The second-order valence-electron chi connectivity index (χ2n) is 8.44. The minimum Gasteiger partial charge on any atom is -0.497 e. The van der Waals surface area contributed by atoms with Crippen molar-refractivity contribution in [3.8, 4) is 11.5 Å². The number of aryl methyl sites for hydroxylation is 2. The number of carbonyl (C=O) groups is 1. The Morgan fingerprint density at radius 2 is 1.75 bits per heavy atom. The van der Waals surface area contributed by atoms with Crippen molar-refractivity contribution in [2.45, 2.75) is 38.0 Å². The summed E-state index contributed by atoms with van der Waals surface area (Å²) in [7, 11) is -2.47. The van der Waals surface area contributed by atoms with Crippen LogP contribution >= 0.6 is 0 Å². The Morgan fingerprint density at radius 1 is 1.00 bits per heavy atom. The molecular formula is C28H34N2O5S. The van der Waals surface area contributed by atoms with Gasteiger partial charge in [0.25, 0.3) is 10.0 Å². The van der Waals surface area contributed by atoms with Crippen LogP contribution in [0.5, 0.6) is 11.5 Å². The molecule has 0 aliphatic rings. The highest BCUT2D eigenvalue weighted by Gasteiger charge is 2.27. The number of nitrogens with one attached hydrogen (secondary N) is 1. The smallest absolute Gasteiger partial charge is 0.264 e. The van der Waals surface area contributed by atoms with Crippen LogP contribution in [0.15, 0.2) is 77.7 Å². The lowest BCUT2D eigenvalue weighted by Crippen LogP contribution is -2.41. The van der Waals surface area contributed by atoms with Crippen LogP contribution in [0.2, 0.25) is 0 Å². The molecule has 7 nitrogen and oxygen atoms in total. The van der Waals surface area contributed by atoms with Gasteiger partial charge in [0.2, 0.25) is 5.91 Å². The first kappa shape index (κ1) is 27.1. The van der Waals surface area contributed by atoms with Gasteiger partial charge in [0.1, 0.15) is 18.0 Å². The molecule has 0 fully saturated rings. The Balaban J connectivity index is 1.69. The molecule has 3 aromatic rings. The van der Waals surface area contributed by atoms with Gasteiger partial charge in [0.05, 0.1) is 24.3 Å². The highest BCUT2D eigenvalue weighted by molar-refractivity contribution is 7.92.